The fraction of sp³-hybridized carbons (Fsp3) is 0.632. The molecule has 3 rings (SSSR count). The number of hydrogen-bond acceptors (Lipinski definition) is 2. The fourth-order valence-electron chi connectivity index (χ4n) is 3.84. The predicted octanol–water partition coefficient (Wildman–Crippen LogP) is 2.94. The molecule has 1 aliphatic heterocycles. The van der Waals surface area contributed by atoms with Crippen LogP contribution >= 0.6 is 0 Å². The van der Waals surface area contributed by atoms with E-state index in [0.29, 0.717) is 12.1 Å². The smallest absolute Gasteiger partial charge is 0.315 e. The minimum absolute atomic E-state index is 0.00848. The molecule has 2 amide bonds. The SMILES string of the molecule is O=C(NCC(Cc1ccccc1)N1CCCC1)NC1CCCC1. The molecular weight excluding hydrogens is 286 g/mol. The lowest BCUT2D eigenvalue weighted by molar-refractivity contribution is 0.216. The molecule has 4 heteroatoms. The quantitative estimate of drug-likeness (QED) is 0.848. The van der Waals surface area contributed by atoms with E-state index >= 15 is 0 Å². The lowest BCUT2D eigenvalue weighted by Crippen LogP contribution is -2.48. The lowest BCUT2D eigenvalue weighted by Gasteiger charge is -2.28. The van der Waals surface area contributed by atoms with Crippen molar-refractivity contribution in [2.24, 2.45) is 0 Å². The molecule has 4 nitrogen and oxygen atoms in total. The number of carbonyl (C=O) groups is 1. The zero-order chi connectivity index (χ0) is 15.9. The van der Waals surface area contributed by atoms with Crippen LogP contribution in [-0.4, -0.2) is 42.6 Å². The molecular formula is C19H29N3O. The van der Waals surface area contributed by atoms with Crippen molar-refractivity contribution >= 4 is 6.03 Å². The summed E-state index contributed by atoms with van der Waals surface area (Å²) in [7, 11) is 0. The molecule has 1 unspecified atom stereocenters. The van der Waals surface area contributed by atoms with Gasteiger partial charge in [-0.15, -0.1) is 0 Å². The summed E-state index contributed by atoms with van der Waals surface area (Å²) in [5, 5.41) is 6.24. The molecule has 1 saturated heterocycles. The Morgan fingerprint density at radius 3 is 2.48 bits per heavy atom. The normalized spacial score (nSPS) is 20.5. The molecule has 126 valence electrons. The second-order valence-corrected chi connectivity index (χ2v) is 6.92. The monoisotopic (exact) mass is 315 g/mol. The summed E-state index contributed by atoms with van der Waals surface area (Å²) < 4.78 is 0. The molecule has 1 heterocycles. The molecule has 1 aliphatic carbocycles. The van der Waals surface area contributed by atoms with Gasteiger partial charge in [0, 0.05) is 18.6 Å². The van der Waals surface area contributed by atoms with Crippen molar-refractivity contribution in [1.29, 1.82) is 0 Å². The summed E-state index contributed by atoms with van der Waals surface area (Å²) in [4.78, 5) is 14.7. The maximum atomic E-state index is 12.1. The molecule has 2 fully saturated rings. The molecule has 0 spiro atoms. The second kappa shape index (κ2) is 8.34. The molecule has 2 N–H and O–H groups in total. The van der Waals surface area contributed by atoms with Crippen molar-refractivity contribution < 1.29 is 4.79 Å². The average molecular weight is 315 g/mol. The van der Waals surface area contributed by atoms with E-state index in [-0.39, 0.29) is 6.03 Å². The number of urea groups is 1. The van der Waals surface area contributed by atoms with Crippen LogP contribution in [0.4, 0.5) is 4.79 Å². The number of nitrogens with one attached hydrogen (secondary N) is 2. The average Bonchev–Trinajstić information content (AvgIpc) is 3.26. The Balaban J connectivity index is 1.51. The van der Waals surface area contributed by atoms with E-state index in [1.54, 1.807) is 0 Å². The van der Waals surface area contributed by atoms with Crippen LogP contribution < -0.4 is 10.6 Å². The Kier molecular flexibility index (Phi) is 5.92. The van der Waals surface area contributed by atoms with Crippen LogP contribution in [0, 0.1) is 0 Å². The van der Waals surface area contributed by atoms with Crippen LogP contribution in [0.1, 0.15) is 44.1 Å². The van der Waals surface area contributed by atoms with E-state index in [0.717, 1.165) is 38.9 Å². The number of benzene rings is 1. The summed E-state index contributed by atoms with van der Waals surface area (Å²) in [6.45, 7) is 3.04. The third-order valence-corrected chi connectivity index (χ3v) is 5.16. The topological polar surface area (TPSA) is 44.4 Å². The maximum absolute atomic E-state index is 12.1. The number of carbonyl (C=O) groups excluding carboxylic acids is 1. The number of nitrogens with zero attached hydrogens (tertiary/aromatic N) is 1. The van der Waals surface area contributed by atoms with Crippen molar-refractivity contribution in [2.45, 2.75) is 57.0 Å². The Hall–Kier alpha value is -1.55. The van der Waals surface area contributed by atoms with Gasteiger partial charge in [0.2, 0.25) is 0 Å². The van der Waals surface area contributed by atoms with Crippen LogP contribution in [0.3, 0.4) is 0 Å². The van der Waals surface area contributed by atoms with Gasteiger partial charge < -0.3 is 10.6 Å². The molecule has 1 aromatic rings. The fourth-order valence-corrected chi connectivity index (χ4v) is 3.84. The predicted molar refractivity (Wildman–Crippen MR) is 93.5 cm³/mol. The molecule has 1 aromatic carbocycles. The van der Waals surface area contributed by atoms with Gasteiger partial charge in [0.25, 0.3) is 0 Å². The van der Waals surface area contributed by atoms with Crippen LogP contribution in [0.5, 0.6) is 0 Å². The van der Waals surface area contributed by atoms with Gasteiger partial charge >= 0.3 is 6.03 Å². The van der Waals surface area contributed by atoms with E-state index in [2.05, 4.69) is 45.9 Å². The Morgan fingerprint density at radius 2 is 1.78 bits per heavy atom. The highest BCUT2D eigenvalue weighted by Crippen LogP contribution is 2.18. The van der Waals surface area contributed by atoms with Gasteiger partial charge in [0.05, 0.1) is 0 Å². The summed E-state index contributed by atoms with van der Waals surface area (Å²) in [5.41, 5.74) is 1.35. The van der Waals surface area contributed by atoms with Gasteiger partial charge in [-0.1, -0.05) is 43.2 Å². The van der Waals surface area contributed by atoms with Crippen LogP contribution in [-0.2, 0) is 6.42 Å². The first-order valence-corrected chi connectivity index (χ1v) is 9.13. The first kappa shape index (κ1) is 16.3. The first-order valence-electron chi connectivity index (χ1n) is 9.13. The highest BCUT2D eigenvalue weighted by atomic mass is 16.2. The van der Waals surface area contributed by atoms with E-state index in [4.69, 9.17) is 0 Å². The van der Waals surface area contributed by atoms with E-state index < -0.39 is 0 Å². The van der Waals surface area contributed by atoms with Gasteiger partial charge in [-0.3, -0.25) is 4.90 Å². The molecule has 1 atom stereocenters. The number of likely N-dealkylation sites (tertiary alicyclic amines) is 1. The Morgan fingerprint density at radius 1 is 1.09 bits per heavy atom. The van der Waals surface area contributed by atoms with Crippen molar-refractivity contribution in [1.82, 2.24) is 15.5 Å². The molecule has 23 heavy (non-hydrogen) atoms. The maximum Gasteiger partial charge on any atom is 0.315 e. The van der Waals surface area contributed by atoms with Crippen LogP contribution in [0.15, 0.2) is 30.3 Å². The summed E-state index contributed by atoms with van der Waals surface area (Å²) in [6.07, 6.45) is 8.31. The van der Waals surface area contributed by atoms with Gasteiger partial charge in [-0.2, -0.15) is 0 Å². The highest BCUT2D eigenvalue weighted by molar-refractivity contribution is 5.74. The molecule has 1 saturated carbocycles. The molecule has 2 aliphatic rings. The Bertz CT molecular complexity index is 479. The summed E-state index contributed by atoms with van der Waals surface area (Å²) in [5.74, 6) is 0. The molecule has 0 bridgehead atoms. The van der Waals surface area contributed by atoms with Crippen molar-refractivity contribution in [3.8, 4) is 0 Å². The number of rotatable bonds is 6. The number of amides is 2. The van der Waals surface area contributed by atoms with Gasteiger partial charge in [-0.25, -0.2) is 4.79 Å². The van der Waals surface area contributed by atoms with Gasteiger partial charge in [0.1, 0.15) is 0 Å². The molecule has 0 aromatic heterocycles. The zero-order valence-corrected chi connectivity index (χ0v) is 14.0. The van der Waals surface area contributed by atoms with E-state index in [1.165, 1.54) is 31.2 Å². The third-order valence-electron chi connectivity index (χ3n) is 5.16. The van der Waals surface area contributed by atoms with Gasteiger partial charge in [-0.05, 0) is 50.8 Å². The second-order valence-electron chi connectivity index (χ2n) is 6.92. The zero-order valence-electron chi connectivity index (χ0n) is 14.0. The van der Waals surface area contributed by atoms with Gasteiger partial charge in [0.15, 0.2) is 0 Å². The van der Waals surface area contributed by atoms with E-state index in [1.807, 2.05) is 0 Å². The largest absolute Gasteiger partial charge is 0.337 e. The Labute approximate surface area is 139 Å². The minimum Gasteiger partial charge on any atom is -0.337 e. The number of hydrogen-bond donors (Lipinski definition) is 2. The van der Waals surface area contributed by atoms with Crippen molar-refractivity contribution in [3.05, 3.63) is 35.9 Å². The summed E-state index contributed by atoms with van der Waals surface area (Å²) >= 11 is 0. The van der Waals surface area contributed by atoms with E-state index in [9.17, 15) is 4.79 Å². The third kappa shape index (κ3) is 4.96. The highest BCUT2D eigenvalue weighted by Gasteiger charge is 2.23. The van der Waals surface area contributed by atoms with Crippen molar-refractivity contribution in [3.63, 3.8) is 0 Å². The lowest BCUT2D eigenvalue weighted by atomic mass is 10.0. The first-order chi connectivity index (χ1) is 11.3. The standard InChI is InChI=1S/C19H29N3O/c23-19(21-17-10-4-5-11-17)20-15-18(22-12-6-7-13-22)14-16-8-2-1-3-9-16/h1-3,8-9,17-18H,4-7,10-15H2,(H2,20,21,23). The minimum atomic E-state index is 0.00848. The van der Waals surface area contributed by atoms with Crippen LogP contribution in [0.2, 0.25) is 0 Å². The van der Waals surface area contributed by atoms with Crippen molar-refractivity contribution in [2.75, 3.05) is 19.6 Å². The van der Waals surface area contributed by atoms with Crippen LogP contribution in [0.25, 0.3) is 0 Å². The summed E-state index contributed by atoms with van der Waals surface area (Å²) in [6, 6.07) is 11.4. The molecule has 0 radical (unpaired) electrons.